The molecular formula is C12H10N2O4. The quantitative estimate of drug-likeness (QED) is 0.617. The lowest BCUT2D eigenvalue weighted by Gasteiger charge is -2.22. The fourth-order valence-corrected chi connectivity index (χ4v) is 1.80. The molecule has 3 rings (SSSR count). The third-order valence-electron chi connectivity index (χ3n) is 2.57. The summed E-state index contributed by atoms with van der Waals surface area (Å²) in [5.74, 6) is -0.580. The Morgan fingerprint density at radius 1 is 1.17 bits per heavy atom. The van der Waals surface area contributed by atoms with Gasteiger partial charge in [-0.2, -0.15) is 0 Å². The van der Waals surface area contributed by atoms with E-state index in [1.54, 1.807) is 0 Å². The fraction of sp³-hybridized carbons (Fsp3) is 0.167. The van der Waals surface area contributed by atoms with Gasteiger partial charge in [0.25, 0.3) is 0 Å². The molecule has 2 N–H and O–H groups in total. The van der Waals surface area contributed by atoms with Gasteiger partial charge >= 0.3 is 18.4 Å². The molecule has 1 saturated heterocycles. The first-order valence-corrected chi connectivity index (χ1v) is 5.44. The van der Waals surface area contributed by atoms with Crippen molar-refractivity contribution in [2.24, 2.45) is 0 Å². The van der Waals surface area contributed by atoms with Gasteiger partial charge in [0.05, 0.1) is 0 Å². The lowest BCUT2D eigenvalue weighted by molar-refractivity contribution is -0.197. The number of ether oxygens (including phenoxy) is 2. The minimum atomic E-state index is -1.08. The van der Waals surface area contributed by atoms with E-state index in [2.05, 4.69) is 10.3 Å². The maximum absolute atomic E-state index is 11.1. The number of hydrogen-bond donors (Lipinski definition) is 2. The zero-order valence-corrected chi connectivity index (χ0v) is 9.30. The van der Waals surface area contributed by atoms with E-state index in [9.17, 15) is 9.59 Å². The van der Waals surface area contributed by atoms with E-state index >= 15 is 0 Å². The number of cyclic esters (lactones) is 2. The van der Waals surface area contributed by atoms with Crippen LogP contribution in [0.25, 0.3) is 10.9 Å². The molecule has 1 fully saturated rings. The number of para-hydroxylation sites is 1. The summed E-state index contributed by atoms with van der Waals surface area (Å²) in [5, 5.41) is 3.80. The monoisotopic (exact) mass is 246 g/mol. The van der Waals surface area contributed by atoms with Crippen molar-refractivity contribution in [3.05, 3.63) is 30.3 Å². The molecule has 0 bridgehead atoms. The molecule has 0 atom stereocenters. The van der Waals surface area contributed by atoms with Crippen molar-refractivity contribution in [3.63, 3.8) is 0 Å². The Bertz CT molecular complexity index is 570. The van der Waals surface area contributed by atoms with E-state index in [4.69, 9.17) is 9.47 Å². The average Bonchev–Trinajstić information content (AvgIpc) is 2.69. The molecule has 0 aliphatic carbocycles. The van der Waals surface area contributed by atoms with E-state index in [1.165, 1.54) is 0 Å². The van der Waals surface area contributed by atoms with Crippen LogP contribution >= 0.6 is 0 Å². The lowest BCUT2D eigenvalue weighted by Crippen LogP contribution is -2.37. The van der Waals surface area contributed by atoms with Crippen molar-refractivity contribution in [1.82, 2.24) is 4.98 Å². The third kappa shape index (κ3) is 2.00. The van der Waals surface area contributed by atoms with Crippen molar-refractivity contribution in [1.29, 1.82) is 0 Å². The SMILES string of the molecule is O=C1CC(=O)OC(Nc2cc3ccccc3[nH]2)O1. The summed E-state index contributed by atoms with van der Waals surface area (Å²) in [6.07, 6.45) is -1.42. The zero-order valence-electron chi connectivity index (χ0n) is 9.30. The topological polar surface area (TPSA) is 80.4 Å². The third-order valence-corrected chi connectivity index (χ3v) is 2.57. The van der Waals surface area contributed by atoms with Gasteiger partial charge in [-0.15, -0.1) is 0 Å². The van der Waals surface area contributed by atoms with Gasteiger partial charge in [-0.25, -0.2) is 0 Å². The van der Waals surface area contributed by atoms with Crippen molar-refractivity contribution < 1.29 is 19.1 Å². The van der Waals surface area contributed by atoms with Crippen LogP contribution in [0.1, 0.15) is 6.42 Å². The molecular weight excluding hydrogens is 236 g/mol. The van der Waals surface area contributed by atoms with Gasteiger partial charge in [-0.3, -0.25) is 9.59 Å². The van der Waals surface area contributed by atoms with Crippen molar-refractivity contribution in [2.45, 2.75) is 12.8 Å². The number of fused-ring (bicyclic) bond motifs is 1. The molecule has 2 aromatic rings. The highest BCUT2D eigenvalue weighted by atomic mass is 16.7. The van der Waals surface area contributed by atoms with Gasteiger partial charge < -0.3 is 19.8 Å². The van der Waals surface area contributed by atoms with Crippen LogP contribution in [0.3, 0.4) is 0 Å². The second kappa shape index (κ2) is 4.06. The number of H-pyrrole nitrogens is 1. The van der Waals surface area contributed by atoms with Crippen LogP contribution in [0.2, 0.25) is 0 Å². The Morgan fingerprint density at radius 2 is 1.89 bits per heavy atom. The number of carbonyl (C=O) groups excluding carboxylic acids is 2. The van der Waals surface area contributed by atoms with E-state index in [1.807, 2.05) is 30.3 Å². The molecule has 0 unspecified atom stereocenters. The second-order valence-electron chi connectivity index (χ2n) is 3.90. The largest absolute Gasteiger partial charge is 0.406 e. The number of aromatic nitrogens is 1. The minimum Gasteiger partial charge on any atom is -0.406 e. The molecule has 6 nitrogen and oxygen atoms in total. The van der Waals surface area contributed by atoms with Crippen LogP contribution in [0, 0.1) is 0 Å². The van der Waals surface area contributed by atoms with Gasteiger partial charge in [-0.1, -0.05) is 18.2 Å². The summed E-state index contributed by atoms with van der Waals surface area (Å²) in [6.45, 7) is 0. The Hall–Kier alpha value is -2.50. The number of carbonyl (C=O) groups is 2. The van der Waals surface area contributed by atoms with Gasteiger partial charge in [0.15, 0.2) is 0 Å². The molecule has 18 heavy (non-hydrogen) atoms. The van der Waals surface area contributed by atoms with E-state index in [-0.39, 0.29) is 6.42 Å². The number of hydrogen-bond acceptors (Lipinski definition) is 5. The molecule has 0 radical (unpaired) electrons. The highest BCUT2D eigenvalue weighted by Crippen LogP contribution is 2.20. The van der Waals surface area contributed by atoms with Crippen LogP contribution in [0.4, 0.5) is 5.82 Å². The second-order valence-corrected chi connectivity index (χ2v) is 3.90. The Labute approximate surface area is 102 Å². The van der Waals surface area contributed by atoms with Crippen LogP contribution < -0.4 is 5.32 Å². The van der Waals surface area contributed by atoms with Gasteiger partial charge in [-0.05, 0) is 12.1 Å². The number of anilines is 1. The fourth-order valence-electron chi connectivity index (χ4n) is 1.80. The highest BCUT2D eigenvalue weighted by molar-refractivity contribution is 5.93. The summed E-state index contributed by atoms with van der Waals surface area (Å²) >= 11 is 0. The van der Waals surface area contributed by atoms with Crippen molar-refractivity contribution in [2.75, 3.05) is 5.32 Å². The summed E-state index contributed by atoms with van der Waals surface area (Å²) in [5.41, 5.74) is 0.938. The summed E-state index contributed by atoms with van der Waals surface area (Å²) < 4.78 is 9.69. The molecule has 92 valence electrons. The molecule has 1 aliphatic heterocycles. The first-order valence-electron chi connectivity index (χ1n) is 5.44. The standard InChI is InChI=1S/C12H10N2O4/c15-10-6-11(16)18-12(17-10)14-9-5-7-3-1-2-4-8(7)13-9/h1-5,12-14H,6H2. The van der Waals surface area contributed by atoms with E-state index in [0.717, 1.165) is 10.9 Å². The summed E-state index contributed by atoms with van der Waals surface area (Å²) in [7, 11) is 0. The molecule has 0 spiro atoms. The maximum atomic E-state index is 11.1. The van der Waals surface area contributed by atoms with Crippen LogP contribution in [-0.2, 0) is 19.1 Å². The van der Waals surface area contributed by atoms with Gasteiger partial charge in [0.1, 0.15) is 12.2 Å². The molecule has 1 aromatic carbocycles. The Kier molecular flexibility index (Phi) is 2.40. The summed E-state index contributed by atoms with van der Waals surface area (Å²) in [4.78, 5) is 25.2. The number of esters is 2. The van der Waals surface area contributed by atoms with Crippen molar-refractivity contribution in [3.8, 4) is 0 Å². The lowest BCUT2D eigenvalue weighted by atomic mass is 10.2. The summed E-state index contributed by atoms with van der Waals surface area (Å²) in [6, 6.07) is 9.52. The number of benzene rings is 1. The normalized spacial score (nSPS) is 16.4. The van der Waals surface area contributed by atoms with Crippen molar-refractivity contribution >= 4 is 28.7 Å². The minimum absolute atomic E-state index is 0.342. The molecule has 2 heterocycles. The molecule has 0 amide bonds. The Morgan fingerprint density at radius 3 is 2.61 bits per heavy atom. The number of rotatable bonds is 2. The predicted molar refractivity (Wildman–Crippen MR) is 62.5 cm³/mol. The van der Waals surface area contributed by atoms with Crippen LogP contribution in [-0.4, -0.2) is 23.3 Å². The van der Waals surface area contributed by atoms with Gasteiger partial charge in [0.2, 0.25) is 0 Å². The Balaban J connectivity index is 1.79. The molecule has 1 aliphatic rings. The first-order chi connectivity index (χ1) is 8.70. The van der Waals surface area contributed by atoms with Crippen LogP contribution in [0.15, 0.2) is 30.3 Å². The smallest absolute Gasteiger partial charge is 0.330 e. The molecule has 1 aromatic heterocycles. The molecule has 6 heteroatoms. The first kappa shape index (κ1) is 10.6. The zero-order chi connectivity index (χ0) is 12.5. The maximum Gasteiger partial charge on any atom is 0.330 e. The van der Waals surface area contributed by atoms with E-state index < -0.39 is 18.4 Å². The number of nitrogens with one attached hydrogen (secondary N) is 2. The van der Waals surface area contributed by atoms with Crippen LogP contribution in [0.5, 0.6) is 0 Å². The highest BCUT2D eigenvalue weighted by Gasteiger charge is 2.27. The number of aromatic amines is 1. The molecule has 0 saturated carbocycles. The predicted octanol–water partition coefficient (Wildman–Crippen LogP) is 1.35. The van der Waals surface area contributed by atoms with E-state index in [0.29, 0.717) is 5.82 Å². The van der Waals surface area contributed by atoms with Gasteiger partial charge in [0, 0.05) is 10.9 Å². The average molecular weight is 246 g/mol.